The van der Waals surface area contributed by atoms with Crippen LogP contribution >= 0.6 is 0 Å². The molecule has 0 spiro atoms. The van der Waals surface area contributed by atoms with Crippen molar-refractivity contribution >= 4 is 5.69 Å². The Bertz CT molecular complexity index is 664. The summed E-state index contributed by atoms with van der Waals surface area (Å²) in [7, 11) is 5.63. The standard InChI is InChI=1S/C15H18F2N4/c1-19(2)21-5-4-10-6-12(11-8-18-20(3)9-11)13(15(16)17)7-14(10)21/h6-9,15H,4-5H2,1-3H3. The van der Waals surface area contributed by atoms with Crippen LogP contribution < -0.4 is 5.01 Å². The Morgan fingerprint density at radius 3 is 2.62 bits per heavy atom. The highest BCUT2D eigenvalue weighted by atomic mass is 19.3. The molecule has 21 heavy (non-hydrogen) atoms. The minimum Gasteiger partial charge on any atom is -0.306 e. The molecule has 0 aliphatic carbocycles. The lowest BCUT2D eigenvalue weighted by Gasteiger charge is -2.27. The highest BCUT2D eigenvalue weighted by Crippen LogP contribution is 2.39. The van der Waals surface area contributed by atoms with Crippen LogP contribution in [0.2, 0.25) is 0 Å². The zero-order valence-corrected chi connectivity index (χ0v) is 12.3. The SMILES string of the molecule is CN(C)N1CCc2cc(-c3cnn(C)c3)c(C(F)F)cc21. The number of rotatable bonds is 3. The van der Waals surface area contributed by atoms with E-state index in [4.69, 9.17) is 0 Å². The molecule has 0 unspecified atom stereocenters. The van der Waals surface area contributed by atoms with Gasteiger partial charge in [0.2, 0.25) is 0 Å². The number of nitrogens with zero attached hydrogens (tertiary/aromatic N) is 4. The molecule has 0 fully saturated rings. The summed E-state index contributed by atoms with van der Waals surface area (Å²) in [5.74, 6) is 0. The molecule has 2 aromatic rings. The molecule has 0 radical (unpaired) electrons. The third kappa shape index (κ3) is 2.40. The van der Waals surface area contributed by atoms with E-state index < -0.39 is 6.43 Å². The van der Waals surface area contributed by atoms with Gasteiger partial charge in [0.15, 0.2) is 0 Å². The molecule has 6 heteroatoms. The number of alkyl halides is 2. The van der Waals surface area contributed by atoms with Crippen LogP contribution in [0.15, 0.2) is 24.5 Å². The molecule has 1 aromatic carbocycles. The summed E-state index contributed by atoms with van der Waals surface area (Å²) in [5, 5.41) is 8.04. The fourth-order valence-electron chi connectivity index (χ4n) is 2.84. The normalized spacial score (nSPS) is 14.3. The van der Waals surface area contributed by atoms with Crippen LogP contribution in [0.4, 0.5) is 14.5 Å². The largest absolute Gasteiger partial charge is 0.306 e. The Balaban J connectivity index is 2.14. The Morgan fingerprint density at radius 2 is 2.05 bits per heavy atom. The Hall–Kier alpha value is -1.95. The summed E-state index contributed by atoms with van der Waals surface area (Å²) < 4.78 is 28.5. The number of aromatic nitrogens is 2. The maximum absolute atomic E-state index is 13.5. The molecular formula is C15H18F2N4. The summed E-state index contributed by atoms with van der Waals surface area (Å²) in [4.78, 5) is 0. The second-order valence-electron chi connectivity index (χ2n) is 5.49. The average Bonchev–Trinajstić information content (AvgIpc) is 3.02. The van der Waals surface area contributed by atoms with Crippen molar-refractivity contribution in [2.24, 2.45) is 7.05 Å². The van der Waals surface area contributed by atoms with Crippen molar-refractivity contribution in [3.8, 4) is 11.1 Å². The molecule has 0 saturated heterocycles. The van der Waals surface area contributed by atoms with Crippen LogP contribution in [-0.2, 0) is 13.5 Å². The molecular weight excluding hydrogens is 274 g/mol. The molecule has 0 atom stereocenters. The molecule has 3 rings (SSSR count). The van der Waals surface area contributed by atoms with E-state index in [9.17, 15) is 8.78 Å². The number of halogens is 2. The van der Waals surface area contributed by atoms with Gasteiger partial charge in [0.1, 0.15) is 0 Å². The van der Waals surface area contributed by atoms with Gasteiger partial charge in [0.25, 0.3) is 6.43 Å². The van der Waals surface area contributed by atoms with Crippen molar-refractivity contribution in [2.45, 2.75) is 12.8 Å². The summed E-state index contributed by atoms with van der Waals surface area (Å²) >= 11 is 0. The number of hydrazine groups is 1. The molecule has 1 aromatic heterocycles. The van der Waals surface area contributed by atoms with E-state index in [1.807, 2.05) is 30.2 Å². The van der Waals surface area contributed by atoms with Crippen LogP contribution in [-0.4, -0.2) is 35.4 Å². The van der Waals surface area contributed by atoms with E-state index >= 15 is 0 Å². The number of fused-ring (bicyclic) bond motifs is 1. The highest BCUT2D eigenvalue weighted by molar-refractivity contribution is 5.73. The maximum Gasteiger partial charge on any atom is 0.264 e. The van der Waals surface area contributed by atoms with E-state index in [1.54, 1.807) is 30.2 Å². The zero-order valence-electron chi connectivity index (χ0n) is 12.3. The first-order valence-electron chi connectivity index (χ1n) is 6.86. The van der Waals surface area contributed by atoms with Gasteiger partial charge in [-0.25, -0.2) is 13.8 Å². The van der Waals surface area contributed by atoms with E-state index in [1.165, 1.54) is 0 Å². The van der Waals surface area contributed by atoms with E-state index in [0.717, 1.165) is 29.8 Å². The second-order valence-corrected chi connectivity index (χ2v) is 5.49. The fourth-order valence-corrected chi connectivity index (χ4v) is 2.84. The summed E-state index contributed by atoms with van der Waals surface area (Å²) in [6.45, 7) is 0.821. The van der Waals surface area contributed by atoms with Gasteiger partial charge in [-0.2, -0.15) is 5.10 Å². The van der Waals surface area contributed by atoms with Crippen molar-refractivity contribution in [2.75, 3.05) is 25.6 Å². The monoisotopic (exact) mass is 292 g/mol. The maximum atomic E-state index is 13.5. The fraction of sp³-hybridized carbons (Fsp3) is 0.400. The molecule has 0 bridgehead atoms. The average molecular weight is 292 g/mol. The number of hydrogen-bond acceptors (Lipinski definition) is 3. The minimum absolute atomic E-state index is 0.0653. The van der Waals surface area contributed by atoms with Crippen LogP contribution in [0, 0.1) is 0 Å². The van der Waals surface area contributed by atoms with Crippen LogP contribution in [0.1, 0.15) is 17.6 Å². The first-order valence-corrected chi connectivity index (χ1v) is 6.86. The smallest absolute Gasteiger partial charge is 0.264 e. The lowest BCUT2D eigenvalue weighted by Crippen LogP contribution is -2.35. The van der Waals surface area contributed by atoms with Gasteiger partial charge in [-0.05, 0) is 29.7 Å². The van der Waals surface area contributed by atoms with Crippen LogP contribution in [0.5, 0.6) is 0 Å². The lowest BCUT2D eigenvalue weighted by molar-refractivity contribution is 0.152. The first kappa shape index (κ1) is 14.0. The molecule has 112 valence electrons. The summed E-state index contributed by atoms with van der Waals surface area (Å²) in [6.07, 6.45) is 1.76. The van der Waals surface area contributed by atoms with Gasteiger partial charge in [0, 0.05) is 45.0 Å². The minimum atomic E-state index is -2.50. The van der Waals surface area contributed by atoms with Gasteiger partial charge in [-0.3, -0.25) is 4.68 Å². The summed E-state index contributed by atoms with van der Waals surface area (Å²) in [6, 6.07) is 3.51. The van der Waals surface area contributed by atoms with Crippen LogP contribution in [0.3, 0.4) is 0 Å². The molecule has 1 aliphatic rings. The van der Waals surface area contributed by atoms with Crippen molar-refractivity contribution in [1.29, 1.82) is 0 Å². The third-order valence-corrected chi connectivity index (χ3v) is 3.86. The summed E-state index contributed by atoms with van der Waals surface area (Å²) in [5.41, 5.74) is 3.36. The van der Waals surface area contributed by atoms with Gasteiger partial charge in [0.05, 0.1) is 11.9 Å². The third-order valence-electron chi connectivity index (χ3n) is 3.86. The predicted octanol–water partition coefficient (Wildman–Crippen LogP) is 2.86. The zero-order chi connectivity index (χ0) is 15.1. The van der Waals surface area contributed by atoms with Gasteiger partial charge in [-0.1, -0.05) is 0 Å². The number of hydrogen-bond donors (Lipinski definition) is 0. The highest BCUT2D eigenvalue weighted by Gasteiger charge is 2.26. The van der Waals surface area contributed by atoms with Crippen LogP contribution in [0.25, 0.3) is 11.1 Å². The van der Waals surface area contributed by atoms with Crippen molar-refractivity contribution in [3.63, 3.8) is 0 Å². The van der Waals surface area contributed by atoms with E-state index in [2.05, 4.69) is 5.10 Å². The lowest BCUT2D eigenvalue weighted by atomic mass is 9.98. The van der Waals surface area contributed by atoms with Gasteiger partial charge < -0.3 is 5.01 Å². The topological polar surface area (TPSA) is 24.3 Å². The molecule has 1 aliphatic heterocycles. The number of aryl methyl sites for hydroxylation is 1. The molecule has 4 nitrogen and oxygen atoms in total. The van der Waals surface area contributed by atoms with Crippen molar-refractivity contribution < 1.29 is 8.78 Å². The first-order chi connectivity index (χ1) is 9.97. The number of anilines is 1. The Kier molecular flexibility index (Phi) is 3.41. The second kappa shape index (κ2) is 5.11. The van der Waals surface area contributed by atoms with Gasteiger partial charge >= 0.3 is 0 Å². The predicted molar refractivity (Wildman–Crippen MR) is 78.3 cm³/mol. The van der Waals surface area contributed by atoms with E-state index in [0.29, 0.717) is 5.56 Å². The molecule has 0 saturated carbocycles. The molecule has 0 N–H and O–H groups in total. The Morgan fingerprint density at radius 1 is 1.29 bits per heavy atom. The molecule has 2 heterocycles. The Labute approximate surface area is 122 Å². The van der Waals surface area contributed by atoms with Crippen molar-refractivity contribution in [1.82, 2.24) is 14.8 Å². The quantitative estimate of drug-likeness (QED) is 0.869. The molecule has 0 amide bonds. The number of benzene rings is 1. The van der Waals surface area contributed by atoms with E-state index in [-0.39, 0.29) is 5.56 Å². The van der Waals surface area contributed by atoms with Gasteiger partial charge in [-0.15, -0.1) is 0 Å². The van der Waals surface area contributed by atoms with Crippen molar-refractivity contribution in [3.05, 3.63) is 35.7 Å².